The van der Waals surface area contributed by atoms with Gasteiger partial charge in [-0.25, -0.2) is 8.78 Å². The number of carbonyl (C=O) groups excluding carboxylic acids is 1. The standard InChI is InChI=1S/C9H9F2NO/c10-6-3-5-1-2-12-9(13)8(5)7(11)4-6/h4-5H,1-3H2,(H,12,13). The van der Waals surface area contributed by atoms with Gasteiger partial charge in [-0.3, -0.25) is 4.79 Å². The number of fused-ring (bicyclic) bond motifs is 1. The lowest BCUT2D eigenvalue weighted by Gasteiger charge is -2.27. The molecule has 1 N–H and O–H groups in total. The molecular formula is C9H9F2NO. The zero-order valence-electron chi connectivity index (χ0n) is 6.94. The molecule has 0 radical (unpaired) electrons. The van der Waals surface area contributed by atoms with Crippen LogP contribution in [0.3, 0.4) is 0 Å². The van der Waals surface area contributed by atoms with Crippen LogP contribution in [0.2, 0.25) is 0 Å². The van der Waals surface area contributed by atoms with Crippen LogP contribution in [0.25, 0.3) is 0 Å². The fourth-order valence-corrected chi connectivity index (χ4v) is 1.80. The van der Waals surface area contributed by atoms with Gasteiger partial charge in [0.05, 0.1) is 5.57 Å². The zero-order valence-corrected chi connectivity index (χ0v) is 6.94. The predicted molar refractivity (Wildman–Crippen MR) is 43.1 cm³/mol. The molecule has 70 valence electrons. The van der Waals surface area contributed by atoms with Crippen LogP contribution in [0.1, 0.15) is 12.8 Å². The molecular weight excluding hydrogens is 176 g/mol. The monoisotopic (exact) mass is 185 g/mol. The second-order valence-electron chi connectivity index (χ2n) is 3.30. The van der Waals surface area contributed by atoms with Crippen LogP contribution in [0, 0.1) is 5.92 Å². The third-order valence-electron chi connectivity index (χ3n) is 2.41. The number of amides is 1. The normalized spacial score (nSPS) is 28.0. The molecule has 13 heavy (non-hydrogen) atoms. The van der Waals surface area contributed by atoms with Crippen LogP contribution in [-0.2, 0) is 4.79 Å². The molecule has 1 unspecified atom stereocenters. The second kappa shape index (κ2) is 2.94. The number of rotatable bonds is 0. The van der Waals surface area contributed by atoms with Crippen molar-refractivity contribution in [3.63, 3.8) is 0 Å². The van der Waals surface area contributed by atoms with Crippen molar-refractivity contribution in [1.29, 1.82) is 0 Å². The highest BCUT2D eigenvalue weighted by atomic mass is 19.1. The number of hydrogen-bond donors (Lipinski definition) is 1. The molecule has 0 aromatic carbocycles. The summed E-state index contributed by atoms with van der Waals surface area (Å²) in [5, 5.41) is 2.54. The van der Waals surface area contributed by atoms with Gasteiger partial charge in [0.15, 0.2) is 0 Å². The van der Waals surface area contributed by atoms with Gasteiger partial charge in [-0.15, -0.1) is 0 Å². The number of nitrogens with one attached hydrogen (secondary N) is 1. The number of allylic oxidation sites excluding steroid dienone is 3. The highest BCUT2D eigenvalue weighted by molar-refractivity contribution is 5.95. The first kappa shape index (κ1) is 8.41. The third-order valence-corrected chi connectivity index (χ3v) is 2.41. The average molecular weight is 185 g/mol. The fraction of sp³-hybridized carbons (Fsp3) is 0.444. The summed E-state index contributed by atoms with van der Waals surface area (Å²) in [6.45, 7) is 0.507. The second-order valence-corrected chi connectivity index (χ2v) is 3.30. The van der Waals surface area contributed by atoms with Gasteiger partial charge < -0.3 is 5.32 Å². The molecule has 4 heteroatoms. The van der Waals surface area contributed by atoms with E-state index in [1.54, 1.807) is 0 Å². The largest absolute Gasteiger partial charge is 0.352 e. The van der Waals surface area contributed by atoms with Crippen LogP contribution in [0.5, 0.6) is 0 Å². The maximum atomic E-state index is 13.1. The van der Waals surface area contributed by atoms with Crippen molar-refractivity contribution in [2.45, 2.75) is 12.8 Å². The van der Waals surface area contributed by atoms with Gasteiger partial charge in [0, 0.05) is 25.0 Å². The van der Waals surface area contributed by atoms with Crippen LogP contribution < -0.4 is 5.32 Å². The number of halogens is 2. The van der Waals surface area contributed by atoms with E-state index in [0.29, 0.717) is 13.0 Å². The summed E-state index contributed by atoms with van der Waals surface area (Å²) in [6, 6.07) is 0. The van der Waals surface area contributed by atoms with E-state index in [1.807, 2.05) is 0 Å². The Balaban J connectivity index is 2.40. The molecule has 0 spiro atoms. The predicted octanol–water partition coefficient (Wildman–Crippen LogP) is 1.60. The van der Waals surface area contributed by atoms with Crippen molar-refractivity contribution in [3.8, 4) is 0 Å². The van der Waals surface area contributed by atoms with Crippen molar-refractivity contribution in [2.24, 2.45) is 5.92 Å². The zero-order chi connectivity index (χ0) is 9.42. The minimum atomic E-state index is -0.717. The van der Waals surface area contributed by atoms with Crippen LogP contribution in [0.4, 0.5) is 8.78 Å². The average Bonchev–Trinajstić information content (AvgIpc) is 2.02. The molecule has 2 nitrogen and oxygen atoms in total. The SMILES string of the molecule is O=C1NCCC2CC(F)=CC(F)=C12. The Morgan fingerprint density at radius 1 is 1.46 bits per heavy atom. The Morgan fingerprint density at radius 2 is 2.23 bits per heavy atom. The molecule has 0 aromatic rings. The fourth-order valence-electron chi connectivity index (χ4n) is 1.80. The van der Waals surface area contributed by atoms with Gasteiger partial charge in [0.25, 0.3) is 0 Å². The minimum Gasteiger partial charge on any atom is -0.352 e. The lowest BCUT2D eigenvalue weighted by molar-refractivity contribution is -0.119. The highest BCUT2D eigenvalue weighted by Crippen LogP contribution is 2.34. The molecule has 1 heterocycles. The first-order valence-corrected chi connectivity index (χ1v) is 4.22. The van der Waals surface area contributed by atoms with Gasteiger partial charge in [-0.1, -0.05) is 0 Å². The number of piperidine rings is 1. The third kappa shape index (κ3) is 1.36. The minimum absolute atomic E-state index is 0.118. The summed E-state index contributed by atoms with van der Waals surface area (Å²) in [5.74, 6) is -1.84. The first-order valence-electron chi connectivity index (χ1n) is 4.22. The molecule has 0 bridgehead atoms. The van der Waals surface area contributed by atoms with Crippen LogP contribution in [0.15, 0.2) is 23.3 Å². The van der Waals surface area contributed by atoms with Crippen LogP contribution >= 0.6 is 0 Å². The van der Waals surface area contributed by atoms with Crippen molar-refractivity contribution in [2.75, 3.05) is 6.54 Å². The van der Waals surface area contributed by atoms with Crippen molar-refractivity contribution >= 4 is 5.91 Å². The summed E-state index contributed by atoms with van der Waals surface area (Å²) < 4.78 is 25.9. The van der Waals surface area contributed by atoms with E-state index in [9.17, 15) is 13.6 Å². The Hall–Kier alpha value is -1.19. The molecule has 2 aliphatic rings. The van der Waals surface area contributed by atoms with Gasteiger partial charge >= 0.3 is 0 Å². The van der Waals surface area contributed by atoms with E-state index in [1.165, 1.54) is 0 Å². The van der Waals surface area contributed by atoms with E-state index in [4.69, 9.17) is 0 Å². The molecule has 1 amide bonds. The van der Waals surface area contributed by atoms with E-state index in [-0.39, 0.29) is 17.9 Å². The van der Waals surface area contributed by atoms with E-state index < -0.39 is 17.6 Å². The van der Waals surface area contributed by atoms with Gasteiger partial charge in [0.1, 0.15) is 11.7 Å². The topological polar surface area (TPSA) is 29.1 Å². The van der Waals surface area contributed by atoms with Crippen molar-refractivity contribution in [3.05, 3.63) is 23.3 Å². The van der Waals surface area contributed by atoms with Gasteiger partial charge in [-0.05, 0) is 6.42 Å². The Bertz CT molecular complexity index is 320. The molecule has 0 aromatic heterocycles. The quantitative estimate of drug-likeness (QED) is 0.610. The Labute approximate surface area is 74.3 Å². The van der Waals surface area contributed by atoms with Gasteiger partial charge in [0.2, 0.25) is 5.91 Å². The van der Waals surface area contributed by atoms with Crippen LogP contribution in [-0.4, -0.2) is 12.5 Å². The molecule has 2 rings (SSSR count). The summed E-state index contributed by atoms with van der Waals surface area (Å²) in [6.07, 6.45) is 1.59. The molecule has 1 atom stereocenters. The van der Waals surface area contributed by atoms with Gasteiger partial charge in [-0.2, -0.15) is 0 Å². The van der Waals surface area contributed by atoms with E-state index >= 15 is 0 Å². The number of carbonyl (C=O) groups is 1. The summed E-state index contributed by atoms with van der Waals surface area (Å²) in [5.41, 5.74) is 0.118. The Kier molecular flexibility index (Phi) is 1.90. The van der Waals surface area contributed by atoms with E-state index in [0.717, 1.165) is 6.08 Å². The maximum absolute atomic E-state index is 13.1. The molecule has 1 fully saturated rings. The molecule has 0 saturated carbocycles. The molecule has 1 saturated heterocycles. The van der Waals surface area contributed by atoms with Crippen molar-refractivity contribution < 1.29 is 13.6 Å². The van der Waals surface area contributed by atoms with Crippen molar-refractivity contribution in [1.82, 2.24) is 5.32 Å². The first-order chi connectivity index (χ1) is 6.18. The van der Waals surface area contributed by atoms with E-state index in [2.05, 4.69) is 5.32 Å². The molecule has 1 aliphatic heterocycles. The summed E-state index contributed by atoms with van der Waals surface area (Å²) in [4.78, 5) is 11.2. The maximum Gasteiger partial charge on any atom is 0.250 e. The lowest BCUT2D eigenvalue weighted by atomic mass is 9.85. The lowest BCUT2D eigenvalue weighted by Crippen LogP contribution is -2.37. The smallest absolute Gasteiger partial charge is 0.250 e. The molecule has 1 aliphatic carbocycles. The highest BCUT2D eigenvalue weighted by Gasteiger charge is 2.32. The number of hydrogen-bond acceptors (Lipinski definition) is 1. The summed E-state index contributed by atoms with van der Waals surface area (Å²) >= 11 is 0. The summed E-state index contributed by atoms with van der Waals surface area (Å²) in [7, 11) is 0. The Morgan fingerprint density at radius 3 is 3.00 bits per heavy atom.